The van der Waals surface area contributed by atoms with Crippen LogP contribution in [0.25, 0.3) is 5.65 Å². The van der Waals surface area contributed by atoms with Gasteiger partial charge >= 0.3 is 0 Å². The summed E-state index contributed by atoms with van der Waals surface area (Å²) in [7, 11) is 0. The van der Waals surface area contributed by atoms with Crippen LogP contribution in [0.2, 0.25) is 0 Å². The minimum atomic E-state index is -0.319. The average molecular weight is 289 g/mol. The molecule has 0 aliphatic heterocycles. The number of fused-ring (bicyclic) bond motifs is 1. The van der Waals surface area contributed by atoms with E-state index in [9.17, 15) is 4.79 Å². The van der Waals surface area contributed by atoms with Crippen LogP contribution < -0.4 is 11.1 Å². The van der Waals surface area contributed by atoms with E-state index in [-0.39, 0.29) is 12.5 Å². The zero-order chi connectivity index (χ0) is 14.1. The van der Waals surface area contributed by atoms with Crippen molar-refractivity contribution in [3.8, 4) is 0 Å². The van der Waals surface area contributed by atoms with Crippen molar-refractivity contribution in [2.75, 3.05) is 11.1 Å². The van der Waals surface area contributed by atoms with E-state index in [1.807, 2.05) is 0 Å². The second-order valence-corrected chi connectivity index (χ2v) is 5.09. The highest BCUT2D eigenvalue weighted by molar-refractivity contribution is 7.10. The molecule has 0 saturated carbocycles. The van der Waals surface area contributed by atoms with Gasteiger partial charge in [0.1, 0.15) is 11.4 Å². The van der Waals surface area contributed by atoms with E-state index in [0.717, 1.165) is 4.88 Å². The summed E-state index contributed by atoms with van der Waals surface area (Å²) in [4.78, 5) is 17.1. The number of amides is 1. The van der Waals surface area contributed by atoms with Crippen LogP contribution in [0.1, 0.15) is 15.2 Å². The van der Waals surface area contributed by atoms with Crippen LogP contribution >= 0.6 is 11.3 Å². The molecule has 3 aromatic heterocycles. The fourth-order valence-electron chi connectivity index (χ4n) is 1.77. The van der Waals surface area contributed by atoms with Crippen molar-refractivity contribution in [3.63, 3.8) is 0 Å². The fourth-order valence-corrected chi connectivity index (χ4v) is 2.45. The lowest BCUT2D eigenvalue weighted by atomic mass is 10.3. The van der Waals surface area contributed by atoms with E-state index >= 15 is 0 Å². The number of anilines is 2. The Kier molecular flexibility index (Phi) is 3.09. The number of aromatic nitrogens is 3. The molecule has 0 aliphatic carbocycles. The van der Waals surface area contributed by atoms with Gasteiger partial charge in [0.15, 0.2) is 5.65 Å². The van der Waals surface area contributed by atoms with Gasteiger partial charge in [-0.3, -0.25) is 4.79 Å². The molecule has 4 N–H and O–H groups in total. The Hall–Kier alpha value is -2.45. The number of nitrogens with zero attached hydrogens (tertiary/aromatic N) is 3. The van der Waals surface area contributed by atoms with Crippen LogP contribution in [0.4, 0.5) is 11.5 Å². The minimum Gasteiger partial charge on any atom is -0.391 e. The monoisotopic (exact) mass is 289 g/mol. The minimum absolute atomic E-state index is 0.0463. The molecule has 102 valence electrons. The number of nitrogens with two attached hydrogens (primary N) is 1. The lowest BCUT2D eigenvalue weighted by molar-refractivity contribution is 0.102. The van der Waals surface area contributed by atoms with Crippen molar-refractivity contribution in [2.45, 2.75) is 6.61 Å². The van der Waals surface area contributed by atoms with E-state index in [1.54, 1.807) is 23.7 Å². The van der Waals surface area contributed by atoms with Crippen molar-refractivity contribution in [3.05, 3.63) is 40.3 Å². The molecule has 0 fully saturated rings. The molecule has 0 aromatic carbocycles. The largest absolute Gasteiger partial charge is 0.391 e. The van der Waals surface area contributed by atoms with Crippen LogP contribution in [0.15, 0.2) is 29.9 Å². The first kappa shape index (κ1) is 12.6. The maximum Gasteiger partial charge on any atom is 0.261 e. The Morgan fingerprint density at radius 3 is 3.15 bits per heavy atom. The van der Waals surface area contributed by atoms with E-state index in [4.69, 9.17) is 10.8 Å². The van der Waals surface area contributed by atoms with E-state index in [2.05, 4.69) is 15.4 Å². The van der Waals surface area contributed by atoms with Crippen LogP contribution in [-0.4, -0.2) is 25.6 Å². The van der Waals surface area contributed by atoms with Gasteiger partial charge in [-0.15, -0.1) is 11.3 Å². The SMILES string of the molecule is Nc1ccn2ncc(C(=O)Nc3csc(CO)c3)c2n1. The summed E-state index contributed by atoms with van der Waals surface area (Å²) >= 11 is 1.37. The number of carbonyl (C=O) groups excluding carboxylic acids is 1. The molecule has 0 saturated heterocycles. The molecule has 1 amide bonds. The van der Waals surface area contributed by atoms with E-state index in [0.29, 0.717) is 22.7 Å². The van der Waals surface area contributed by atoms with Gasteiger partial charge in [0, 0.05) is 16.5 Å². The molecule has 0 atom stereocenters. The van der Waals surface area contributed by atoms with Gasteiger partial charge in [-0.2, -0.15) is 5.10 Å². The number of thiophene rings is 1. The van der Waals surface area contributed by atoms with Gasteiger partial charge in [-0.1, -0.05) is 0 Å². The highest BCUT2D eigenvalue weighted by Gasteiger charge is 2.15. The highest BCUT2D eigenvalue weighted by Crippen LogP contribution is 2.20. The lowest BCUT2D eigenvalue weighted by Crippen LogP contribution is -2.11. The Balaban J connectivity index is 1.90. The molecule has 3 aromatic rings. The number of nitrogens with one attached hydrogen (secondary N) is 1. The molecule has 7 nitrogen and oxygen atoms in total. The third-order valence-electron chi connectivity index (χ3n) is 2.70. The zero-order valence-corrected chi connectivity index (χ0v) is 11.1. The van der Waals surface area contributed by atoms with Gasteiger partial charge in [-0.25, -0.2) is 9.50 Å². The summed E-state index contributed by atoms with van der Waals surface area (Å²) < 4.78 is 1.48. The van der Waals surface area contributed by atoms with Crippen LogP contribution in [0.3, 0.4) is 0 Å². The number of nitrogen functional groups attached to an aromatic ring is 1. The van der Waals surface area contributed by atoms with Gasteiger partial charge < -0.3 is 16.2 Å². The van der Waals surface area contributed by atoms with E-state index in [1.165, 1.54) is 22.0 Å². The Morgan fingerprint density at radius 2 is 2.40 bits per heavy atom. The van der Waals surface area contributed by atoms with Gasteiger partial charge in [0.2, 0.25) is 0 Å². The van der Waals surface area contributed by atoms with Crippen molar-refractivity contribution in [2.24, 2.45) is 0 Å². The van der Waals surface area contributed by atoms with Crippen molar-refractivity contribution in [1.82, 2.24) is 14.6 Å². The molecule has 0 radical (unpaired) electrons. The van der Waals surface area contributed by atoms with Gasteiger partial charge in [0.25, 0.3) is 5.91 Å². The van der Waals surface area contributed by atoms with Crippen LogP contribution in [0, 0.1) is 0 Å². The molecular weight excluding hydrogens is 278 g/mol. The zero-order valence-electron chi connectivity index (χ0n) is 10.3. The van der Waals surface area contributed by atoms with Gasteiger partial charge in [-0.05, 0) is 12.1 Å². The molecule has 8 heteroatoms. The Morgan fingerprint density at radius 1 is 1.55 bits per heavy atom. The average Bonchev–Trinajstić information content (AvgIpc) is 3.04. The standard InChI is InChI=1S/C12H11N5O2S/c13-10-1-2-17-11(16-10)9(4-14-17)12(19)15-7-3-8(5-18)20-6-7/h1-4,6,18H,5H2,(H2,13,16)(H,15,19). The number of hydrogen-bond donors (Lipinski definition) is 3. The lowest BCUT2D eigenvalue weighted by Gasteiger charge is -2.01. The number of aliphatic hydroxyl groups is 1. The summed E-state index contributed by atoms with van der Waals surface area (Å²) in [5.74, 6) is 0.00513. The fraction of sp³-hybridized carbons (Fsp3) is 0.0833. The Bertz CT molecular complexity index is 779. The summed E-state index contributed by atoms with van der Waals surface area (Å²) in [5, 5.41) is 17.5. The topological polar surface area (TPSA) is 106 Å². The third-order valence-corrected chi connectivity index (χ3v) is 3.62. The molecule has 0 unspecified atom stereocenters. The quantitative estimate of drug-likeness (QED) is 0.670. The molecule has 3 heterocycles. The summed E-state index contributed by atoms with van der Waals surface area (Å²) in [6, 6.07) is 3.32. The first-order chi connectivity index (χ1) is 9.67. The molecular formula is C12H11N5O2S. The maximum atomic E-state index is 12.2. The smallest absolute Gasteiger partial charge is 0.261 e. The second-order valence-electron chi connectivity index (χ2n) is 4.09. The molecule has 0 bridgehead atoms. The first-order valence-corrected chi connectivity index (χ1v) is 6.65. The van der Waals surface area contributed by atoms with Crippen molar-refractivity contribution in [1.29, 1.82) is 0 Å². The first-order valence-electron chi connectivity index (χ1n) is 5.77. The number of carbonyl (C=O) groups is 1. The molecule has 20 heavy (non-hydrogen) atoms. The van der Waals surface area contributed by atoms with Gasteiger partial charge in [0.05, 0.1) is 18.5 Å². The number of hydrogen-bond acceptors (Lipinski definition) is 6. The summed E-state index contributed by atoms with van der Waals surface area (Å²) in [5.41, 5.74) is 6.99. The van der Waals surface area contributed by atoms with E-state index < -0.39 is 0 Å². The number of rotatable bonds is 3. The molecule has 0 spiro atoms. The predicted molar refractivity (Wildman–Crippen MR) is 75.6 cm³/mol. The third kappa shape index (κ3) is 2.22. The second kappa shape index (κ2) is 4.91. The van der Waals surface area contributed by atoms with Crippen LogP contribution in [-0.2, 0) is 6.61 Å². The van der Waals surface area contributed by atoms with Crippen LogP contribution in [0.5, 0.6) is 0 Å². The summed E-state index contributed by atoms with van der Waals surface area (Å²) in [6.45, 7) is -0.0463. The summed E-state index contributed by atoms with van der Waals surface area (Å²) in [6.07, 6.45) is 3.08. The van der Waals surface area contributed by atoms with Crippen molar-refractivity contribution >= 4 is 34.4 Å². The van der Waals surface area contributed by atoms with Crippen molar-refractivity contribution < 1.29 is 9.90 Å². The predicted octanol–water partition coefficient (Wildman–Crippen LogP) is 1.12. The number of aliphatic hydroxyl groups excluding tert-OH is 1. The Labute approximate surface area is 117 Å². The molecule has 0 aliphatic rings. The normalized spacial score (nSPS) is 10.8. The maximum absolute atomic E-state index is 12.2. The molecule has 3 rings (SSSR count). The highest BCUT2D eigenvalue weighted by atomic mass is 32.1.